The van der Waals surface area contributed by atoms with Gasteiger partial charge in [0.15, 0.2) is 5.78 Å². The molecule has 4 amide bonds. The van der Waals surface area contributed by atoms with Crippen molar-refractivity contribution in [2.45, 2.75) is 37.9 Å². The third-order valence-electron chi connectivity index (χ3n) is 7.83. The Balaban J connectivity index is 1.56. The zero-order valence-electron chi connectivity index (χ0n) is 22.8. The topological polar surface area (TPSA) is 114 Å². The summed E-state index contributed by atoms with van der Waals surface area (Å²) in [5, 5.41) is 12.0. The summed E-state index contributed by atoms with van der Waals surface area (Å²) in [5.41, 5.74) is 0.369. The van der Waals surface area contributed by atoms with E-state index in [1.807, 2.05) is 6.07 Å². The lowest BCUT2D eigenvalue weighted by Gasteiger charge is -2.45. The first kappa shape index (κ1) is 28.9. The second kappa shape index (κ2) is 11.3. The normalized spacial score (nSPS) is 21.0. The highest BCUT2D eigenvalue weighted by Gasteiger charge is 2.45. The Labute approximate surface area is 240 Å². The second-order valence-electron chi connectivity index (χ2n) is 10.7. The molecule has 2 unspecified atom stereocenters. The van der Waals surface area contributed by atoms with Crippen LogP contribution in [0, 0.1) is 17.2 Å². The predicted molar refractivity (Wildman–Crippen MR) is 145 cm³/mol. The van der Waals surface area contributed by atoms with Crippen LogP contribution >= 0.6 is 0 Å². The predicted octanol–water partition coefficient (Wildman–Crippen LogP) is 4.16. The van der Waals surface area contributed by atoms with E-state index in [1.54, 1.807) is 36.2 Å². The van der Waals surface area contributed by atoms with Gasteiger partial charge >= 0.3 is 12.2 Å². The summed E-state index contributed by atoms with van der Waals surface area (Å²) in [7, 11) is 1.67. The molecule has 2 atom stereocenters. The van der Waals surface area contributed by atoms with Crippen LogP contribution in [0.4, 0.5) is 23.7 Å². The molecule has 1 fully saturated rings. The molecule has 2 aliphatic heterocycles. The van der Waals surface area contributed by atoms with Gasteiger partial charge < -0.3 is 15.1 Å². The minimum atomic E-state index is -4.66. The fourth-order valence-corrected chi connectivity index (χ4v) is 5.79. The fourth-order valence-electron chi connectivity index (χ4n) is 5.79. The quantitative estimate of drug-likeness (QED) is 0.552. The van der Waals surface area contributed by atoms with E-state index in [1.165, 1.54) is 17.0 Å². The van der Waals surface area contributed by atoms with Gasteiger partial charge in [0.1, 0.15) is 6.54 Å². The molecule has 12 heteroatoms. The lowest BCUT2D eigenvalue weighted by molar-refractivity contribution is -0.137. The third kappa shape index (κ3) is 5.59. The van der Waals surface area contributed by atoms with Crippen LogP contribution < -0.4 is 10.2 Å². The summed E-state index contributed by atoms with van der Waals surface area (Å²) in [6.45, 7) is 0.186. The van der Waals surface area contributed by atoms with E-state index in [9.17, 15) is 37.6 Å². The van der Waals surface area contributed by atoms with Crippen molar-refractivity contribution in [1.82, 2.24) is 15.1 Å². The zero-order valence-corrected chi connectivity index (χ0v) is 22.8. The van der Waals surface area contributed by atoms with Crippen molar-refractivity contribution in [3.63, 3.8) is 0 Å². The average molecular weight is 580 g/mol. The number of hydrogen-bond acceptors (Lipinski definition) is 5. The lowest BCUT2D eigenvalue weighted by Crippen LogP contribution is -2.54. The number of carbonyl (C=O) groups is 4. The minimum absolute atomic E-state index is 0.0339. The molecule has 0 spiro atoms. The van der Waals surface area contributed by atoms with Gasteiger partial charge in [-0.1, -0.05) is 18.2 Å². The number of anilines is 1. The molecular formula is C30H28F3N5O4. The first-order chi connectivity index (χ1) is 20.0. The number of amides is 4. The fraction of sp³-hybridized carbons (Fsp3) is 0.367. The molecule has 1 N–H and O–H groups in total. The van der Waals surface area contributed by atoms with Crippen LogP contribution in [0.2, 0.25) is 0 Å². The molecule has 0 saturated carbocycles. The number of halogens is 3. The second-order valence-corrected chi connectivity index (χ2v) is 10.7. The Morgan fingerprint density at radius 1 is 1.10 bits per heavy atom. The molecule has 1 saturated heterocycles. The van der Waals surface area contributed by atoms with Gasteiger partial charge in [0.2, 0.25) is 11.8 Å². The number of alkyl halides is 3. The van der Waals surface area contributed by atoms with Crippen molar-refractivity contribution in [3.8, 4) is 6.07 Å². The summed E-state index contributed by atoms with van der Waals surface area (Å²) in [4.78, 5) is 56.6. The van der Waals surface area contributed by atoms with Gasteiger partial charge in [0, 0.05) is 50.2 Å². The summed E-state index contributed by atoms with van der Waals surface area (Å²) in [6, 6.07) is 10.9. The summed E-state index contributed by atoms with van der Waals surface area (Å²) in [6.07, 6.45) is -3.51. The Bertz CT molecular complexity index is 1510. The highest BCUT2D eigenvalue weighted by Crippen LogP contribution is 2.44. The number of carbonyl (C=O) groups excluding carboxylic acids is 4. The van der Waals surface area contributed by atoms with Gasteiger partial charge in [0.25, 0.3) is 0 Å². The van der Waals surface area contributed by atoms with Crippen LogP contribution in [0.15, 0.2) is 59.8 Å². The van der Waals surface area contributed by atoms with Crippen LogP contribution in [-0.4, -0.2) is 60.1 Å². The highest BCUT2D eigenvalue weighted by molar-refractivity contribution is 6.07. The molecule has 0 aromatic heterocycles. The number of Topliss-reactive ketones (excluding diaryl/α,β-unsaturated/α-hetero) is 1. The van der Waals surface area contributed by atoms with Gasteiger partial charge in [-0.25, -0.2) is 4.79 Å². The SMILES string of the molecule is CN1CC(CNC(=O)CN2C(=O)N(c3cccc(C(F)(F)F)c3)C3=C(C(=O)CCC3)C2c2ccc(C#N)cc2)CC1=O. The standard InChI is InChI=1S/C30H28F3N5O4/c1-36-16-19(12-26(36)41)15-35-25(40)17-37-28(20-10-8-18(14-34)9-11-20)27-23(6-3-7-24(27)39)38(29(37)42)22-5-2-4-21(13-22)30(31,32)33/h2,4-5,8-11,13,19,28H,3,6-7,12,15-17H2,1H3,(H,35,40). The Hall–Kier alpha value is -4.66. The van der Waals surface area contributed by atoms with E-state index < -0.39 is 36.3 Å². The molecule has 2 aromatic rings. The van der Waals surface area contributed by atoms with Crippen molar-refractivity contribution in [1.29, 1.82) is 5.26 Å². The number of urea groups is 1. The van der Waals surface area contributed by atoms with Crippen molar-refractivity contribution in [2.75, 3.05) is 31.6 Å². The van der Waals surface area contributed by atoms with Crippen LogP contribution in [0.5, 0.6) is 0 Å². The Kier molecular flexibility index (Phi) is 7.77. The maximum absolute atomic E-state index is 14.2. The number of ketones is 1. The van der Waals surface area contributed by atoms with Crippen LogP contribution in [0.1, 0.15) is 48.4 Å². The molecule has 2 heterocycles. The number of hydrogen-bond donors (Lipinski definition) is 1. The van der Waals surface area contributed by atoms with E-state index in [4.69, 9.17) is 0 Å². The van der Waals surface area contributed by atoms with Crippen molar-refractivity contribution >= 4 is 29.3 Å². The Morgan fingerprint density at radius 3 is 2.48 bits per heavy atom. The summed E-state index contributed by atoms with van der Waals surface area (Å²) in [5.74, 6) is -0.949. The molecule has 2 aromatic carbocycles. The molecule has 9 nitrogen and oxygen atoms in total. The first-order valence-corrected chi connectivity index (χ1v) is 13.5. The number of allylic oxidation sites excluding steroid dienone is 1. The number of nitrogens with one attached hydrogen (secondary N) is 1. The lowest BCUT2D eigenvalue weighted by atomic mass is 9.83. The van der Waals surface area contributed by atoms with Gasteiger partial charge in [0.05, 0.1) is 28.9 Å². The molecule has 3 aliphatic rings. The molecule has 218 valence electrons. The molecular weight excluding hydrogens is 551 g/mol. The minimum Gasteiger partial charge on any atom is -0.354 e. The van der Waals surface area contributed by atoms with Crippen molar-refractivity contribution in [3.05, 3.63) is 76.5 Å². The van der Waals surface area contributed by atoms with Crippen LogP contribution in [0.25, 0.3) is 0 Å². The molecule has 0 radical (unpaired) electrons. The van der Waals surface area contributed by atoms with E-state index in [2.05, 4.69) is 5.32 Å². The van der Waals surface area contributed by atoms with Gasteiger partial charge in [-0.15, -0.1) is 0 Å². The molecule has 5 rings (SSSR count). The zero-order chi connectivity index (χ0) is 30.2. The van der Waals surface area contributed by atoms with E-state index in [0.717, 1.165) is 17.0 Å². The summed E-state index contributed by atoms with van der Waals surface area (Å²) < 4.78 is 40.8. The van der Waals surface area contributed by atoms with Crippen LogP contribution in [0.3, 0.4) is 0 Å². The monoisotopic (exact) mass is 579 g/mol. The number of rotatable bonds is 6. The van der Waals surface area contributed by atoms with E-state index in [0.29, 0.717) is 29.8 Å². The maximum Gasteiger partial charge on any atom is 0.416 e. The van der Waals surface area contributed by atoms with Gasteiger partial charge in [-0.3, -0.25) is 19.3 Å². The van der Waals surface area contributed by atoms with Crippen LogP contribution in [-0.2, 0) is 20.6 Å². The van der Waals surface area contributed by atoms with E-state index >= 15 is 0 Å². The maximum atomic E-state index is 14.2. The number of nitrogens with zero attached hydrogens (tertiary/aromatic N) is 4. The smallest absolute Gasteiger partial charge is 0.354 e. The third-order valence-corrected chi connectivity index (χ3v) is 7.83. The molecule has 42 heavy (non-hydrogen) atoms. The van der Waals surface area contributed by atoms with Crippen molar-refractivity contribution in [2.24, 2.45) is 5.92 Å². The highest BCUT2D eigenvalue weighted by atomic mass is 19.4. The molecule has 0 bridgehead atoms. The van der Waals surface area contributed by atoms with Gasteiger partial charge in [-0.05, 0) is 48.7 Å². The molecule has 1 aliphatic carbocycles. The summed E-state index contributed by atoms with van der Waals surface area (Å²) >= 11 is 0. The largest absolute Gasteiger partial charge is 0.416 e. The van der Waals surface area contributed by atoms with E-state index in [-0.39, 0.29) is 54.7 Å². The number of benzene rings is 2. The van der Waals surface area contributed by atoms with Gasteiger partial charge in [-0.2, -0.15) is 18.4 Å². The van der Waals surface area contributed by atoms with Crippen molar-refractivity contribution < 1.29 is 32.3 Å². The first-order valence-electron chi connectivity index (χ1n) is 13.5. The number of likely N-dealkylation sites (tertiary alicyclic amines) is 1. The average Bonchev–Trinajstić information content (AvgIpc) is 3.29. The number of nitriles is 1. The Morgan fingerprint density at radius 2 is 1.83 bits per heavy atom.